The summed E-state index contributed by atoms with van der Waals surface area (Å²) in [5.74, 6) is -0.224. The van der Waals surface area contributed by atoms with Crippen LogP contribution in [0.2, 0.25) is 0 Å². The maximum absolute atomic E-state index is 12.2. The van der Waals surface area contributed by atoms with E-state index in [0.29, 0.717) is 18.2 Å². The number of piperazine rings is 1. The summed E-state index contributed by atoms with van der Waals surface area (Å²) in [6.45, 7) is 5.24. The lowest BCUT2D eigenvalue weighted by Gasteiger charge is -2.35. The third-order valence-corrected chi connectivity index (χ3v) is 6.34. The van der Waals surface area contributed by atoms with Gasteiger partial charge in [0, 0.05) is 64.3 Å². The molecule has 1 fully saturated rings. The quantitative estimate of drug-likeness (QED) is 0.313. The third kappa shape index (κ3) is 9.17. The average molecular weight is 546 g/mol. The Morgan fingerprint density at radius 3 is 2.26 bits per heavy atom. The summed E-state index contributed by atoms with van der Waals surface area (Å²) in [5.41, 5.74) is 8.29. The molecule has 1 saturated heterocycles. The highest BCUT2D eigenvalue weighted by Gasteiger charge is 2.23. The van der Waals surface area contributed by atoms with E-state index in [0.717, 1.165) is 54.3 Å². The van der Waals surface area contributed by atoms with Crippen molar-refractivity contribution in [1.82, 2.24) is 19.7 Å². The van der Waals surface area contributed by atoms with Crippen LogP contribution in [0.5, 0.6) is 0 Å². The van der Waals surface area contributed by atoms with Crippen LogP contribution < -0.4 is 16.4 Å². The summed E-state index contributed by atoms with van der Waals surface area (Å²) < 4.78 is 0. The number of aryl methyl sites for hydroxylation is 2. The molecule has 13 heteroatoms. The zero-order valence-corrected chi connectivity index (χ0v) is 22.6. The van der Waals surface area contributed by atoms with E-state index in [1.54, 1.807) is 19.0 Å². The summed E-state index contributed by atoms with van der Waals surface area (Å²) in [7, 11) is 3.55. The zero-order valence-electron chi connectivity index (χ0n) is 20.2. The van der Waals surface area contributed by atoms with Gasteiger partial charge in [0.15, 0.2) is 11.1 Å². The van der Waals surface area contributed by atoms with E-state index < -0.39 is 0 Å². The SMILES string of the molecule is CC(=O)Nc1nc(CCc2ccc(NC(=N)N)cc2)c(CN2CCN(C(=O)N(C)C)CC2)s1.Cl.Cl. The molecule has 0 unspecified atom stereocenters. The molecule has 3 rings (SSSR count). The number of amides is 3. The normalized spacial score (nSPS) is 13.3. The Labute approximate surface area is 222 Å². The van der Waals surface area contributed by atoms with Crippen molar-refractivity contribution in [3.8, 4) is 0 Å². The minimum absolute atomic E-state index is 0. The van der Waals surface area contributed by atoms with Gasteiger partial charge in [-0.2, -0.15) is 0 Å². The van der Waals surface area contributed by atoms with Crippen LogP contribution in [-0.4, -0.2) is 77.9 Å². The number of thiazole rings is 1. The number of nitrogens with one attached hydrogen (secondary N) is 3. The van der Waals surface area contributed by atoms with Crippen molar-refractivity contribution >= 4 is 64.9 Å². The van der Waals surface area contributed by atoms with Crippen LogP contribution in [0.1, 0.15) is 23.1 Å². The topological polar surface area (TPSA) is 131 Å². The van der Waals surface area contributed by atoms with Gasteiger partial charge in [-0.15, -0.1) is 36.2 Å². The molecule has 2 aromatic rings. The van der Waals surface area contributed by atoms with E-state index in [4.69, 9.17) is 11.1 Å². The number of nitrogens with two attached hydrogens (primary N) is 1. The number of nitrogens with zero attached hydrogens (tertiary/aromatic N) is 4. The molecule has 0 aliphatic carbocycles. The van der Waals surface area contributed by atoms with Gasteiger partial charge in [0.1, 0.15) is 0 Å². The Balaban J connectivity index is 0.00000306. The molecule has 1 aliphatic heterocycles. The molecular weight excluding hydrogens is 511 g/mol. The molecule has 35 heavy (non-hydrogen) atoms. The van der Waals surface area contributed by atoms with Gasteiger partial charge in [-0.05, 0) is 30.5 Å². The monoisotopic (exact) mass is 544 g/mol. The maximum atomic E-state index is 12.2. The lowest BCUT2D eigenvalue weighted by Crippen LogP contribution is -2.51. The lowest BCUT2D eigenvalue weighted by atomic mass is 10.1. The number of benzene rings is 1. The lowest BCUT2D eigenvalue weighted by molar-refractivity contribution is -0.114. The van der Waals surface area contributed by atoms with Crippen LogP contribution in [0.15, 0.2) is 24.3 Å². The van der Waals surface area contributed by atoms with Crippen molar-refractivity contribution in [1.29, 1.82) is 5.41 Å². The number of carbonyl (C=O) groups excluding carboxylic acids is 2. The minimum Gasteiger partial charge on any atom is -0.370 e. The number of halogens is 2. The van der Waals surface area contributed by atoms with Crippen LogP contribution in [0.25, 0.3) is 0 Å². The number of rotatable bonds is 7. The summed E-state index contributed by atoms with van der Waals surface area (Å²) in [5, 5.41) is 13.5. The fourth-order valence-corrected chi connectivity index (χ4v) is 4.76. The fraction of sp³-hybridized carbons (Fsp3) is 0.455. The predicted octanol–water partition coefficient (Wildman–Crippen LogP) is 2.83. The molecule has 0 saturated carbocycles. The average Bonchev–Trinajstić information content (AvgIpc) is 3.13. The smallest absolute Gasteiger partial charge is 0.319 e. The van der Waals surface area contributed by atoms with Crippen LogP contribution >= 0.6 is 36.2 Å². The van der Waals surface area contributed by atoms with Crippen molar-refractivity contribution < 1.29 is 9.59 Å². The number of hydrogen-bond donors (Lipinski definition) is 4. The second-order valence-corrected chi connectivity index (χ2v) is 9.33. The number of carbonyl (C=O) groups is 2. The molecule has 194 valence electrons. The van der Waals surface area contributed by atoms with Crippen LogP contribution in [0.4, 0.5) is 15.6 Å². The van der Waals surface area contributed by atoms with Crippen LogP contribution in [-0.2, 0) is 24.2 Å². The van der Waals surface area contributed by atoms with E-state index in [9.17, 15) is 9.59 Å². The highest BCUT2D eigenvalue weighted by Crippen LogP contribution is 2.26. The Bertz CT molecular complexity index is 992. The second kappa shape index (κ2) is 14.1. The maximum Gasteiger partial charge on any atom is 0.319 e. The van der Waals surface area contributed by atoms with Gasteiger partial charge in [0.25, 0.3) is 0 Å². The summed E-state index contributed by atoms with van der Waals surface area (Å²) in [6, 6.07) is 7.86. The predicted molar refractivity (Wildman–Crippen MR) is 146 cm³/mol. The molecule has 3 amide bonds. The number of hydrogen-bond acceptors (Lipinski definition) is 6. The van der Waals surface area contributed by atoms with Crippen molar-refractivity contribution in [3.63, 3.8) is 0 Å². The van der Waals surface area contributed by atoms with Crippen molar-refractivity contribution in [2.75, 3.05) is 50.9 Å². The zero-order chi connectivity index (χ0) is 24.0. The number of anilines is 2. The Kier molecular flexibility index (Phi) is 12.2. The molecule has 1 aromatic heterocycles. The molecule has 10 nitrogen and oxygen atoms in total. The molecule has 0 radical (unpaired) electrons. The van der Waals surface area contributed by atoms with Crippen LogP contribution in [0.3, 0.4) is 0 Å². The first-order chi connectivity index (χ1) is 15.7. The number of aromatic nitrogens is 1. The summed E-state index contributed by atoms with van der Waals surface area (Å²) in [6.07, 6.45) is 1.56. The van der Waals surface area contributed by atoms with E-state index in [1.807, 2.05) is 29.2 Å². The third-order valence-electron chi connectivity index (χ3n) is 5.34. The summed E-state index contributed by atoms with van der Waals surface area (Å²) in [4.78, 5) is 35.4. The highest BCUT2D eigenvalue weighted by molar-refractivity contribution is 7.15. The molecule has 0 spiro atoms. The van der Waals surface area contributed by atoms with Gasteiger partial charge in [-0.3, -0.25) is 15.1 Å². The van der Waals surface area contributed by atoms with Crippen LogP contribution in [0, 0.1) is 5.41 Å². The molecule has 0 atom stereocenters. The molecule has 0 bridgehead atoms. The Hall–Kier alpha value is -2.60. The van der Waals surface area contributed by atoms with E-state index in [-0.39, 0.29) is 42.7 Å². The molecule has 5 N–H and O–H groups in total. The summed E-state index contributed by atoms with van der Waals surface area (Å²) >= 11 is 1.52. The van der Waals surface area contributed by atoms with E-state index >= 15 is 0 Å². The number of urea groups is 1. The van der Waals surface area contributed by atoms with E-state index in [1.165, 1.54) is 18.3 Å². The van der Waals surface area contributed by atoms with Gasteiger partial charge in [0.2, 0.25) is 5.91 Å². The first kappa shape index (κ1) is 30.4. The first-order valence-electron chi connectivity index (χ1n) is 10.9. The van der Waals surface area contributed by atoms with Gasteiger partial charge in [-0.1, -0.05) is 12.1 Å². The standard InChI is InChI=1S/C22H32N8O2S.2ClH/c1-15(31)25-21-27-18(9-6-16-4-7-17(8-5-16)26-20(23)24)19(33-21)14-29-10-12-30(13-11-29)22(32)28(2)3;;/h4-5,7-8H,6,9-14H2,1-3H3,(H4,23,24,26)(H,25,27,31);2*1H. The van der Waals surface area contributed by atoms with Gasteiger partial charge in [0.05, 0.1) is 5.69 Å². The Morgan fingerprint density at radius 2 is 1.71 bits per heavy atom. The van der Waals surface area contributed by atoms with Crippen molar-refractivity contribution in [2.45, 2.75) is 26.3 Å². The molecule has 1 aromatic carbocycles. The second-order valence-electron chi connectivity index (χ2n) is 8.25. The molecule has 1 aliphatic rings. The first-order valence-corrected chi connectivity index (χ1v) is 11.7. The number of guanidine groups is 1. The minimum atomic E-state index is -0.133. The van der Waals surface area contributed by atoms with E-state index in [2.05, 4.69) is 20.5 Å². The largest absolute Gasteiger partial charge is 0.370 e. The molecule has 2 heterocycles. The highest BCUT2D eigenvalue weighted by atomic mass is 35.5. The van der Waals surface area contributed by atoms with Gasteiger partial charge >= 0.3 is 6.03 Å². The van der Waals surface area contributed by atoms with Gasteiger partial charge < -0.3 is 26.2 Å². The van der Waals surface area contributed by atoms with Crippen molar-refractivity contribution in [3.05, 3.63) is 40.4 Å². The molecular formula is C22H34Cl2N8O2S. The fourth-order valence-electron chi connectivity index (χ4n) is 3.66. The Morgan fingerprint density at radius 1 is 1.09 bits per heavy atom. The van der Waals surface area contributed by atoms with Crippen molar-refractivity contribution in [2.24, 2.45) is 5.73 Å². The van der Waals surface area contributed by atoms with Gasteiger partial charge in [-0.25, -0.2) is 9.78 Å².